The van der Waals surface area contributed by atoms with E-state index in [2.05, 4.69) is 0 Å². The zero-order valence-corrected chi connectivity index (χ0v) is 12.0. The van der Waals surface area contributed by atoms with Gasteiger partial charge in [0.25, 0.3) is 5.91 Å². The molecule has 1 atom stereocenters. The van der Waals surface area contributed by atoms with Crippen LogP contribution in [0.2, 0.25) is 10.0 Å². The van der Waals surface area contributed by atoms with Gasteiger partial charge in [0.05, 0.1) is 41.3 Å². The molecule has 1 amide bonds. The van der Waals surface area contributed by atoms with E-state index in [9.17, 15) is 9.59 Å². The standard InChI is InChI=1S/C13H13Cl2NO4/c14-10-3-1-2-9(12(10)15)13(19)16-4-5-20-7-8(16)6-11(17)18/h1-3,8H,4-7H2,(H,17,18)/t8-/m0/s1. The molecule has 108 valence electrons. The van der Waals surface area contributed by atoms with Crippen molar-refractivity contribution in [1.29, 1.82) is 0 Å². The van der Waals surface area contributed by atoms with Crippen molar-refractivity contribution in [3.05, 3.63) is 33.8 Å². The third kappa shape index (κ3) is 3.23. The highest BCUT2D eigenvalue weighted by Crippen LogP contribution is 2.27. The number of aliphatic carboxylic acids is 1. The molecular formula is C13H13Cl2NO4. The summed E-state index contributed by atoms with van der Waals surface area (Å²) in [6, 6.07) is 4.30. The summed E-state index contributed by atoms with van der Waals surface area (Å²) in [6.07, 6.45) is -0.163. The lowest BCUT2D eigenvalue weighted by atomic mass is 10.1. The van der Waals surface area contributed by atoms with Crippen molar-refractivity contribution in [3.8, 4) is 0 Å². The number of carbonyl (C=O) groups is 2. The lowest BCUT2D eigenvalue weighted by Crippen LogP contribution is -2.49. The van der Waals surface area contributed by atoms with Crippen LogP contribution in [-0.4, -0.2) is 47.7 Å². The van der Waals surface area contributed by atoms with Gasteiger partial charge < -0.3 is 14.7 Å². The summed E-state index contributed by atoms with van der Waals surface area (Å²) in [4.78, 5) is 24.8. The Labute approximate surface area is 126 Å². The minimum absolute atomic E-state index is 0.163. The summed E-state index contributed by atoms with van der Waals surface area (Å²) >= 11 is 11.9. The first-order chi connectivity index (χ1) is 9.50. The molecular weight excluding hydrogens is 305 g/mol. The second-order valence-corrected chi connectivity index (χ2v) is 5.21. The van der Waals surface area contributed by atoms with E-state index in [1.807, 2.05) is 0 Å². The van der Waals surface area contributed by atoms with E-state index in [-0.39, 0.29) is 29.5 Å². The predicted molar refractivity (Wildman–Crippen MR) is 74.4 cm³/mol. The van der Waals surface area contributed by atoms with Crippen molar-refractivity contribution < 1.29 is 19.4 Å². The number of halogens is 2. The van der Waals surface area contributed by atoms with E-state index in [0.29, 0.717) is 18.2 Å². The lowest BCUT2D eigenvalue weighted by molar-refractivity contribution is -0.139. The molecule has 0 radical (unpaired) electrons. The number of hydrogen-bond donors (Lipinski definition) is 1. The molecule has 0 unspecified atom stereocenters. The van der Waals surface area contributed by atoms with E-state index < -0.39 is 12.0 Å². The van der Waals surface area contributed by atoms with Gasteiger partial charge in [0, 0.05) is 6.54 Å². The first-order valence-corrected chi connectivity index (χ1v) is 6.81. The molecule has 1 fully saturated rings. The molecule has 0 saturated carbocycles. The van der Waals surface area contributed by atoms with Crippen LogP contribution in [0.4, 0.5) is 0 Å². The van der Waals surface area contributed by atoms with Crippen LogP contribution in [0.25, 0.3) is 0 Å². The quantitative estimate of drug-likeness (QED) is 0.929. The monoisotopic (exact) mass is 317 g/mol. The number of hydrogen-bond acceptors (Lipinski definition) is 3. The molecule has 0 spiro atoms. The number of amides is 1. The van der Waals surface area contributed by atoms with E-state index >= 15 is 0 Å². The zero-order chi connectivity index (χ0) is 14.7. The smallest absolute Gasteiger partial charge is 0.305 e. The summed E-state index contributed by atoms with van der Waals surface area (Å²) in [6.45, 7) is 0.913. The lowest BCUT2D eigenvalue weighted by Gasteiger charge is -2.35. The second kappa shape index (κ2) is 6.43. The molecule has 1 saturated heterocycles. The van der Waals surface area contributed by atoms with Gasteiger partial charge >= 0.3 is 5.97 Å². The van der Waals surface area contributed by atoms with Crippen LogP contribution in [-0.2, 0) is 9.53 Å². The highest BCUT2D eigenvalue weighted by molar-refractivity contribution is 6.43. The zero-order valence-electron chi connectivity index (χ0n) is 10.5. The Balaban J connectivity index is 2.25. The van der Waals surface area contributed by atoms with Gasteiger partial charge in [0.1, 0.15) is 0 Å². The molecule has 20 heavy (non-hydrogen) atoms. The van der Waals surface area contributed by atoms with Gasteiger partial charge in [-0.15, -0.1) is 0 Å². The molecule has 1 aromatic carbocycles. The molecule has 5 nitrogen and oxygen atoms in total. The molecule has 0 bridgehead atoms. The van der Waals surface area contributed by atoms with Gasteiger partial charge in [0.15, 0.2) is 0 Å². The molecule has 7 heteroatoms. The predicted octanol–water partition coefficient (Wildman–Crippen LogP) is 2.31. The molecule has 1 aliphatic heterocycles. The van der Waals surface area contributed by atoms with Gasteiger partial charge in [0.2, 0.25) is 0 Å². The van der Waals surface area contributed by atoms with Gasteiger partial charge in [-0.05, 0) is 12.1 Å². The summed E-state index contributed by atoms with van der Waals surface area (Å²) in [7, 11) is 0. The Bertz CT molecular complexity index is 535. The first-order valence-electron chi connectivity index (χ1n) is 6.05. The largest absolute Gasteiger partial charge is 0.481 e. The number of carboxylic acid groups (broad SMARTS) is 1. The summed E-state index contributed by atoms with van der Waals surface area (Å²) in [5.41, 5.74) is 0.274. The van der Waals surface area contributed by atoms with Crippen LogP contribution in [0.3, 0.4) is 0 Å². The summed E-state index contributed by atoms with van der Waals surface area (Å²) < 4.78 is 5.24. The van der Waals surface area contributed by atoms with Gasteiger partial charge in [-0.1, -0.05) is 29.3 Å². The average Bonchev–Trinajstić information content (AvgIpc) is 2.41. The fraction of sp³-hybridized carbons (Fsp3) is 0.385. The number of benzene rings is 1. The Morgan fingerprint density at radius 3 is 2.85 bits per heavy atom. The molecule has 1 aromatic rings. The fourth-order valence-electron chi connectivity index (χ4n) is 2.12. The average molecular weight is 318 g/mol. The van der Waals surface area contributed by atoms with Gasteiger partial charge in [-0.25, -0.2) is 0 Å². The molecule has 1 N–H and O–H groups in total. The maximum Gasteiger partial charge on any atom is 0.305 e. The number of nitrogens with zero attached hydrogens (tertiary/aromatic N) is 1. The Hall–Kier alpha value is -1.30. The van der Waals surface area contributed by atoms with Crippen molar-refractivity contribution in [1.82, 2.24) is 4.90 Å². The number of rotatable bonds is 3. The maximum absolute atomic E-state index is 12.5. The molecule has 0 aromatic heterocycles. The van der Waals surface area contributed by atoms with Crippen molar-refractivity contribution in [2.45, 2.75) is 12.5 Å². The summed E-state index contributed by atoms with van der Waals surface area (Å²) in [5.74, 6) is -1.30. The molecule has 0 aliphatic carbocycles. The SMILES string of the molecule is O=C(O)C[C@H]1COCCN1C(=O)c1cccc(Cl)c1Cl. The van der Waals surface area contributed by atoms with Crippen LogP contribution in [0.5, 0.6) is 0 Å². The van der Waals surface area contributed by atoms with Crippen LogP contribution < -0.4 is 0 Å². The van der Waals surface area contributed by atoms with E-state index in [0.717, 1.165) is 0 Å². The topological polar surface area (TPSA) is 66.8 Å². The fourth-order valence-corrected chi connectivity index (χ4v) is 2.50. The van der Waals surface area contributed by atoms with E-state index in [1.165, 1.54) is 4.90 Å². The van der Waals surface area contributed by atoms with Gasteiger partial charge in [-0.3, -0.25) is 9.59 Å². The molecule has 2 rings (SSSR count). The van der Waals surface area contributed by atoms with Crippen LogP contribution in [0.15, 0.2) is 18.2 Å². The van der Waals surface area contributed by atoms with Crippen LogP contribution >= 0.6 is 23.2 Å². The summed E-state index contributed by atoms with van der Waals surface area (Å²) in [5, 5.41) is 9.37. The minimum Gasteiger partial charge on any atom is -0.481 e. The van der Waals surface area contributed by atoms with Crippen molar-refractivity contribution in [2.75, 3.05) is 19.8 Å². The third-order valence-electron chi connectivity index (χ3n) is 3.08. The van der Waals surface area contributed by atoms with Crippen LogP contribution in [0.1, 0.15) is 16.8 Å². The third-order valence-corrected chi connectivity index (χ3v) is 3.90. The number of carbonyl (C=O) groups excluding carboxylic acids is 1. The Kier molecular flexibility index (Phi) is 4.86. The number of ether oxygens (including phenoxy) is 1. The van der Waals surface area contributed by atoms with Crippen molar-refractivity contribution in [2.24, 2.45) is 0 Å². The van der Waals surface area contributed by atoms with E-state index in [4.69, 9.17) is 33.0 Å². The van der Waals surface area contributed by atoms with E-state index in [1.54, 1.807) is 18.2 Å². The maximum atomic E-state index is 12.5. The van der Waals surface area contributed by atoms with Crippen molar-refractivity contribution >= 4 is 35.1 Å². The second-order valence-electron chi connectivity index (χ2n) is 4.43. The normalized spacial score (nSPS) is 18.9. The molecule has 1 aliphatic rings. The highest BCUT2D eigenvalue weighted by Gasteiger charge is 2.30. The van der Waals surface area contributed by atoms with Crippen molar-refractivity contribution in [3.63, 3.8) is 0 Å². The Morgan fingerprint density at radius 2 is 2.15 bits per heavy atom. The first kappa shape index (κ1) is 15.1. The van der Waals surface area contributed by atoms with Gasteiger partial charge in [-0.2, -0.15) is 0 Å². The number of carboxylic acids is 1. The highest BCUT2D eigenvalue weighted by atomic mass is 35.5. The van der Waals surface area contributed by atoms with Crippen LogP contribution in [0, 0.1) is 0 Å². The number of morpholine rings is 1. The Morgan fingerprint density at radius 1 is 1.40 bits per heavy atom. The molecule has 1 heterocycles. The minimum atomic E-state index is -0.976.